The maximum atomic E-state index is 12.7. The number of fused-ring (bicyclic) bond motifs is 1. The highest BCUT2D eigenvalue weighted by molar-refractivity contribution is 5.89. The molecule has 0 bridgehead atoms. The van der Waals surface area contributed by atoms with E-state index in [2.05, 4.69) is 17.6 Å². The molecule has 0 fully saturated rings. The van der Waals surface area contributed by atoms with Crippen molar-refractivity contribution in [1.82, 2.24) is 19.8 Å². The highest BCUT2D eigenvalue weighted by Gasteiger charge is 2.20. The van der Waals surface area contributed by atoms with Gasteiger partial charge in [0.25, 0.3) is 0 Å². The first-order chi connectivity index (χ1) is 11.5. The van der Waals surface area contributed by atoms with Crippen molar-refractivity contribution in [2.45, 2.75) is 39.7 Å². The number of amides is 1. The van der Waals surface area contributed by atoms with Crippen molar-refractivity contribution < 1.29 is 4.79 Å². The third-order valence-corrected chi connectivity index (χ3v) is 4.42. The van der Waals surface area contributed by atoms with Gasteiger partial charge in [-0.25, -0.2) is 14.2 Å². The molecule has 2 N–H and O–H groups in total. The molecular formula is C18H28N4O2. The number of carbonyl (C=O) groups is 1. The van der Waals surface area contributed by atoms with Crippen LogP contribution in [0, 0.1) is 5.92 Å². The second-order valence-corrected chi connectivity index (χ2v) is 6.42. The minimum atomic E-state index is -0.349. The van der Waals surface area contributed by atoms with Crippen molar-refractivity contribution in [2.24, 2.45) is 5.92 Å². The van der Waals surface area contributed by atoms with E-state index in [0.717, 1.165) is 24.9 Å². The Morgan fingerprint density at radius 2 is 1.88 bits per heavy atom. The molecule has 0 saturated carbocycles. The molecule has 0 aliphatic heterocycles. The highest BCUT2D eigenvalue weighted by atomic mass is 16.2. The van der Waals surface area contributed by atoms with E-state index >= 15 is 0 Å². The SMILES string of the molecule is CCC(CCNC)CNC(=O)n1c(=O)n(C(C)C)c2ccccc21. The predicted octanol–water partition coefficient (Wildman–Crippen LogP) is 2.58. The van der Waals surface area contributed by atoms with Crippen LogP contribution in [-0.4, -0.2) is 35.3 Å². The van der Waals surface area contributed by atoms with E-state index in [1.807, 2.05) is 45.2 Å². The molecule has 6 heteroatoms. The van der Waals surface area contributed by atoms with Gasteiger partial charge >= 0.3 is 11.7 Å². The van der Waals surface area contributed by atoms with Crippen molar-refractivity contribution in [3.05, 3.63) is 34.7 Å². The van der Waals surface area contributed by atoms with Crippen molar-refractivity contribution in [3.63, 3.8) is 0 Å². The molecule has 2 rings (SSSR count). The average molecular weight is 332 g/mol. The lowest BCUT2D eigenvalue weighted by Gasteiger charge is -2.15. The summed E-state index contributed by atoms with van der Waals surface area (Å²) < 4.78 is 2.91. The van der Waals surface area contributed by atoms with Crippen LogP contribution in [0.4, 0.5) is 4.79 Å². The molecule has 24 heavy (non-hydrogen) atoms. The zero-order valence-electron chi connectivity index (χ0n) is 15.0. The third kappa shape index (κ3) is 3.70. The summed E-state index contributed by atoms with van der Waals surface area (Å²) in [4.78, 5) is 25.3. The van der Waals surface area contributed by atoms with Gasteiger partial charge in [0.05, 0.1) is 11.0 Å². The van der Waals surface area contributed by atoms with Gasteiger partial charge in [0.1, 0.15) is 0 Å². The lowest BCUT2D eigenvalue weighted by atomic mass is 10.0. The number of imidazole rings is 1. The van der Waals surface area contributed by atoms with Crippen LogP contribution >= 0.6 is 0 Å². The summed E-state index contributed by atoms with van der Waals surface area (Å²) in [6, 6.07) is 7.07. The van der Waals surface area contributed by atoms with Crippen LogP contribution in [-0.2, 0) is 0 Å². The van der Waals surface area contributed by atoms with Crippen LogP contribution < -0.4 is 16.3 Å². The molecule has 0 spiro atoms. The summed E-state index contributed by atoms with van der Waals surface area (Å²) in [6.07, 6.45) is 1.99. The van der Waals surface area contributed by atoms with Gasteiger partial charge in [-0.05, 0) is 51.9 Å². The summed E-state index contributed by atoms with van der Waals surface area (Å²) in [5, 5.41) is 6.06. The first-order valence-corrected chi connectivity index (χ1v) is 8.66. The molecular weight excluding hydrogens is 304 g/mol. The molecule has 1 atom stereocenters. The minimum Gasteiger partial charge on any atom is -0.337 e. The van der Waals surface area contributed by atoms with Crippen molar-refractivity contribution >= 4 is 17.1 Å². The van der Waals surface area contributed by atoms with Crippen LogP contribution in [0.15, 0.2) is 29.1 Å². The lowest BCUT2D eigenvalue weighted by molar-refractivity contribution is 0.239. The van der Waals surface area contributed by atoms with Crippen molar-refractivity contribution in [2.75, 3.05) is 20.1 Å². The Labute approximate surface area is 142 Å². The maximum absolute atomic E-state index is 12.7. The Balaban J connectivity index is 2.27. The molecule has 6 nitrogen and oxygen atoms in total. The zero-order valence-corrected chi connectivity index (χ0v) is 15.0. The van der Waals surface area contributed by atoms with Crippen LogP contribution in [0.25, 0.3) is 11.0 Å². The number of nitrogens with zero attached hydrogens (tertiary/aromatic N) is 2. The molecule has 1 aromatic carbocycles. The molecule has 1 amide bonds. The van der Waals surface area contributed by atoms with Crippen LogP contribution in [0.2, 0.25) is 0 Å². The molecule has 0 radical (unpaired) electrons. The fourth-order valence-electron chi connectivity index (χ4n) is 2.98. The Bertz CT molecular complexity index is 745. The Morgan fingerprint density at radius 1 is 1.21 bits per heavy atom. The van der Waals surface area contributed by atoms with Gasteiger partial charge in [-0.1, -0.05) is 25.5 Å². The lowest BCUT2D eigenvalue weighted by Crippen LogP contribution is -2.39. The summed E-state index contributed by atoms with van der Waals surface area (Å²) in [5.41, 5.74) is 1.15. The maximum Gasteiger partial charge on any atom is 0.337 e. The summed E-state index contributed by atoms with van der Waals surface area (Å²) >= 11 is 0. The number of rotatable bonds is 7. The smallest absolute Gasteiger partial charge is 0.337 e. The molecule has 0 aliphatic carbocycles. The predicted molar refractivity (Wildman–Crippen MR) is 97.7 cm³/mol. The van der Waals surface area contributed by atoms with E-state index in [1.54, 1.807) is 4.57 Å². The number of para-hydroxylation sites is 2. The average Bonchev–Trinajstić information content (AvgIpc) is 2.86. The van der Waals surface area contributed by atoms with Gasteiger partial charge in [-0.2, -0.15) is 0 Å². The molecule has 0 aliphatic rings. The fraction of sp³-hybridized carbons (Fsp3) is 0.556. The van der Waals surface area contributed by atoms with Gasteiger partial charge in [0.2, 0.25) is 0 Å². The van der Waals surface area contributed by atoms with Gasteiger partial charge in [0, 0.05) is 12.6 Å². The van der Waals surface area contributed by atoms with Crippen LogP contribution in [0.3, 0.4) is 0 Å². The molecule has 1 heterocycles. The topological polar surface area (TPSA) is 68.1 Å². The summed E-state index contributed by atoms with van der Waals surface area (Å²) in [7, 11) is 1.92. The van der Waals surface area contributed by atoms with E-state index in [9.17, 15) is 9.59 Å². The fourth-order valence-corrected chi connectivity index (χ4v) is 2.98. The molecule has 1 unspecified atom stereocenters. The molecule has 2 aromatic rings. The highest BCUT2D eigenvalue weighted by Crippen LogP contribution is 2.16. The zero-order chi connectivity index (χ0) is 17.7. The Hall–Kier alpha value is -2.08. The quantitative estimate of drug-likeness (QED) is 0.819. The van der Waals surface area contributed by atoms with Crippen molar-refractivity contribution in [3.8, 4) is 0 Å². The second kappa shape index (κ2) is 8.15. The third-order valence-electron chi connectivity index (χ3n) is 4.42. The van der Waals surface area contributed by atoms with Crippen LogP contribution in [0.1, 0.15) is 39.7 Å². The monoisotopic (exact) mass is 332 g/mol. The Morgan fingerprint density at radius 3 is 2.46 bits per heavy atom. The standard InChI is InChI=1S/C18H28N4O2/c1-5-14(10-11-19-4)12-20-17(23)22-16-9-7-6-8-15(16)21(13(2)3)18(22)24/h6-9,13-14,19H,5,10-12H2,1-4H3,(H,20,23). The Kier molecular flexibility index (Phi) is 6.20. The molecule has 0 saturated heterocycles. The number of nitrogens with one attached hydrogen (secondary N) is 2. The number of hydrogen-bond donors (Lipinski definition) is 2. The number of benzene rings is 1. The molecule has 132 valence electrons. The molecule has 1 aromatic heterocycles. The van der Waals surface area contributed by atoms with Gasteiger partial charge in [-0.3, -0.25) is 4.57 Å². The van der Waals surface area contributed by atoms with Gasteiger partial charge < -0.3 is 10.6 Å². The normalized spacial score (nSPS) is 12.7. The van der Waals surface area contributed by atoms with Crippen molar-refractivity contribution in [1.29, 1.82) is 0 Å². The van der Waals surface area contributed by atoms with Gasteiger partial charge in [0.15, 0.2) is 0 Å². The largest absolute Gasteiger partial charge is 0.337 e. The number of aromatic nitrogens is 2. The number of hydrogen-bond acceptors (Lipinski definition) is 3. The first kappa shape index (κ1) is 18.3. The van der Waals surface area contributed by atoms with E-state index in [1.165, 1.54) is 4.57 Å². The van der Waals surface area contributed by atoms with E-state index in [4.69, 9.17) is 0 Å². The number of carbonyl (C=O) groups excluding carboxylic acids is 1. The van der Waals surface area contributed by atoms with Gasteiger partial charge in [-0.15, -0.1) is 0 Å². The summed E-state index contributed by atoms with van der Waals surface area (Å²) in [5.74, 6) is 0.399. The summed E-state index contributed by atoms with van der Waals surface area (Å²) in [6.45, 7) is 7.50. The van der Waals surface area contributed by atoms with E-state index in [-0.39, 0.29) is 17.8 Å². The van der Waals surface area contributed by atoms with Crippen LogP contribution in [0.5, 0.6) is 0 Å². The van der Waals surface area contributed by atoms with E-state index in [0.29, 0.717) is 18.0 Å². The first-order valence-electron chi connectivity index (χ1n) is 8.66. The minimum absolute atomic E-state index is 0.00420. The second-order valence-electron chi connectivity index (χ2n) is 6.42. The van der Waals surface area contributed by atoms with E-state index < -0.39 is 0 Å².